The highest BCUT2D eigenvalue weighted by molar-refractivity contribution is 6.07. The highest BCUT2D eigenvalue weighted by Crippen LogP contribution is 2.59. The van der Waals surface area contributed by atoms with Crippen LogP contribution in [0.5, 0.6) is 0 Å². The minimum Gasteiger partial charge on any atom is -0.344 e. The summed E-state index contributed by atoms with van der Waals surface area (Å²) in [6, 6.07) is 5.62. The summed E-state index contributed by atoms with van der Waals surface area (Å²) in [5.74, 6) is -4.31. The van der Waals surface area contributed by atoms with Gasteiger partial charge in [0, 0.05) is 25.2 Å². The molecule has 2 N–H and O–H groups in total. The van der Waals surface area contributed by atoms with Crippen molar-refractivity contribution < 1.29 is 36.7 Å². The summed E-state index contributed by atoms with van der Waals surface area (Å²) < 4.78 is 54.2. The Bertz CT molecular complexity index is 1450. The highest BCUT2D eigenvalue weighted by atomic mass is 19.4. The number of nitrogens with one attached hydrogen (secondary N) is 2. The normalized spacial score (nSPS) is 34.5. The molecule has 2 bridgehead atoms. The molecule has 9 unspecified atom stereocenters. The Morgan fingerprint density at radius 1 is 1.14 bits per heavy atom. The molecule has 4 amide bonds. The van der Waals surface area contributed by atoms with Crippen LogP contribution in [0, 0.1) is 40.4 Å². The van der Waals surface area contributed by atoms with Gasteiger partial charge in [-0.2, -0.15) is 18.4 Å². The monoisotopic (exact) mass is 617 g/mol. The van der Waals surface area contributed by atoms with E-state index in [9.17, 15) is 37.6 Å². The van der Waals surface area contributed by atoms with Crippen LogP contribution < -0.4 is 10.6 Å². The number of carbonyl (C=O) groups is 4. The molecule has 2 aliphatic carbocycles. The van der Waals surface area contributed by atoms with Crippen LogP contribution in [0.25, 0.3) is 0 Å². The maximum absolute atomic E-state index is 15.2. The molecule has 236 valence electrons. The molecule has 44 heavy (non-hydrogen) atoms. The zero-order valence-corrected chi connectivity index (χ0v) is 24.7. The van der Waals surface area contributed by atoms with E-state index in [4.69, 9.17) is 0 Å². The van der Waals surface area contributed by atoms with Crippen molar-refractivity contribution in [3.05, 3.63) is 29.8 Å². The van der Waals surface area contributed by atoms with E-state index in [1.807, 2.05) is 0 Å². The molecule has 6 rings (SSSR count). The molecular formula is C31H35F4N5O4. The minimum absolute atomic E-state index is 0.0444. The van der Waals surface area contributed by atoms with Gasteiger partial charge in [-0.1, -0.05) is 39.0 Å². The number of hydrogen-bond acceptors (Lipinski definition) is 5. The van der Waals surface area contributed by atoms with Gasteiger partial charge in [-0.25, -0.2) is 4.39 Å². The van der Waals surface area contributed by atoms with Gasteiger partial charge in [0.25, 0.3) is 0 Å². The van der Waals surface area contributed by atoms with Crippen molar-refractivity contribution in [1.82, 2.24) is 15.1 Å². The van der Waals surface area contributed by atoms with Crippen LogP contribution in [-0.2, 0) is 24.6 Å². The lowest BCUT2D eigenvalue weighted by Gasteiger charge is -2.38. The molecule has 13 heteroatoms. The van der Waals surface area contributed by atoms with Gasteiger partial charge in [-0.05, 0) is 53.6 Å². The highest BCUT2D eigenvalue weighted by Gasteiger charge is 2.65. The first kappa shape index (κ1) is 30.3. The summed E-state index contributed by atoms with van der Waals surface area (Å²) in [5, 5.41) is 15.2. The molecular weight excluding hydrogens is 582 g/mol. The fourth-order valence-electron chi connectivity index (χ4n) is 8.61. The average molecular weight is 618 g/mol. The first-order chi connectivity index (χ1) is 20.6. The Morgan fingerprint density at radius 3 is 2.50 bits per heavy atom. The zero-order chi connectivity index (χ0) is 31.9. The van der Waals surface area contributed by atoms with E-state index in [0.29, 0.717) is 24.1 Å². The number of nitriles is 1. The summed E-state index contributed by atoms with van der Waals surface area (Å²) in [6.07, 6.45) is -6.79. The van der Waals surface area contributed by atoms with E-state index >= 15 is 4.39 Å². The van der Waals surface area contributed by atoms with Gasteiger partial charge in [0.05, 0.1) is 11.5 Å². The standard InChI is InChI=1S/C31H35F4N5O4/c1-29(2,3)25(38-22(41)11-31(33,34)35)27(43)39-13-18-15-8-17(20(32)9-15)23(18)24(39)26(42)40-14-30(10-16(40)12-36)19-6-4-5-7-21(19)37-28(30)44/h4-7,15-18,20,23-25H,8-11,13-14H2,1-3H3,(H,37,44)(H,38,41). The Kier molecular flexibility index (Phi) is 7.01. The Hall–Kier alpha value is -3.69. The van der Waals surface area contributed by atoms with Gasteiger partial charge in [0.15, 0.2) is 0 Å². The number of nitrogens with zero attached hydrogens (tertiary/aromatic N) is 3. The smallest absolute Gasteiger partial charge is 0.344 e. The summed E-state index contributed by atoms with van der Waals surface area (Å²) in [7, 11) is 0. The number of anilines is 1. The molecule has 2 saturated heterocycles. The van der Waals surface area contributed by atoms with E-state index in [0.717, 1.165) is 0 Å². The van der Waals surface area contributed by atoms with Gasteiger partial charge in [0.2, 0.25) is 23.6 Å². The van der Waals surface area contributed by atoms with Crippen LogP contribution >= 0.6 is 0 Å². The van der Waals surface area contributed by atoms with Crippen LogP contribution in [0.3, 0.4) is 0 Å². The second kappa shape index (κ2) is 10.2. The summed E-state index contributed by atoms with van der Waals surface area (Å²) in [6.45, 7) is 4.79. The third-order valence-electron chi connectivity index (χ3n) is 10.5. The largest absolute Gasteiger partial charge is 0.397 e. The lowest BCUT2D eigenvalue weighted by Crippen LogP contribution is -2.60. The van der Waals surface area contributed by atoms with E-state index in [1.54, 1.807) is 45.0 Å². The molecule has 4 fully saturated rings. The number of hydrogen-bond donors (Lipinski definition) is 2. The molecule has 2 saturated carbocycles. The van der Waals surface area contributed by atoms with Gasteiger partial charge >= 0.3 is 6.18 Å². The third kappa shape index (κ3) is 4.72. The fraction of sp³-hybridized carbons (Fsp3) is 0.645. The molecule has 0 radical (unpaired) electrons. The van der Waals surface area contributed by atoms with Crippen LogP contribution in [0.2, 0.25) is 0 Å². The zero-order valence-electron chi connectivity index (χ0n) is 24.7. The lowest BCUT2D eigenvalue weighted by molar-refractivity contribution is -0.157. The first-order valence-corrected chi connectivity index (χ1v) is 15.0. The second-order valence-electron chi connectivity index (χ2n) is 14.1. The molecule has 1 aromatic rings. The number of halogens is 4. The number of rotatable bonds is 4. The van der Waals surface area contributed by atoms with Crippen molar-refractivity contribution >= 4 is 29.3 Å². The maximum atomic E-state index is 15.2. The van der Waals surface area contributed by atoms with E-state index < -0.39 is 77.3 Å². The first-order valence-electron chi connectivity index (χ1n) is 15.0. The Balaban J connectivity index is 1.35. The van der Waals surface area contributed by atoms with E-state index in [2.05, 4.69) is 16.7 Å². The quantitative estimate of drug-likeness (QED) is 0.503. The third-order valence-corrected chi connectivity index (χ3v) is 10.5. The Labute approximate surface area is 252 Å². The number of amides is 4. The molecule has 9 atom stereocenters. The van der Waals surface area contributed by atoms with Gasteiger partial charge < -0.3 is 20.4 Å². The molecule has 3 aliphatic heterocycles. The van der Waals surface area contributed by atoms with Gasteiger partial charge in [-0.3, -0.25) is 19.2 Å². The number of benzene rings is 1. The number of alkyl halides is 4. The van der Waals surface area contributed by atoms with Gasteiger partial charge in [-0.15, -0.1) is 0 Å². The van der Waals surface area contributed by atoms with Crippen LogP contribution in [-0.4, -0.2) is 77.0 Å². The topological polar surface area (TPSA) is 123 Å². The number of carbonyl (C=O) groups excluding carboxylic acids is 4. The maximum Gasteiger partial charge on any atom is 0.397 e. The van der Waals surface area contributed by atoms with Crippen molar-refractivity contribution in [1.29, 1.82) is 5.26 Å². The van der Waals surface area contributed by atoms with E-state index in [-0.39, 0.29) is 37.3 Å². The predicted molar refractivity (Wildman–Crippen MR) is 148 cm³/mol. The molecule has 1 aromatic carbocycles. The van der Waals surface area contributed by atoms with Crippen LogP contribution in [0.1, 0.15) is 52.0 Å². The van der Waals surface area contributed by atoms with Gasteiger partial charge in [0.1, 0.15) is 30.7 Å². The minimum atomic E-state index is -4.78. The SMILES string of the molecule is CC(C)(C)C(NC(=O)CC(F)(F)F)C(=O)N1CC2C3CC(F)C(C3)C2C1C(=O)N1CC2(CC1C#N)C(=O)Nc1ccccc12. The number of fused-ring (bicyclic) bond motifs is 7. The molecule has 9 nitrogen and oxygen atoms in total. The van der Waals surface area contributed by atoms with Crippen molar-refractivity contribution in [2.45, 2.75) is 82.3 Å². The molecule has 1 spiro atoms. The van der Waals surface area contributed by atoms with Crippen LogP contribution in [0.4, 0.5) is 23.2 Å². The predicted octanol–water partition coefficient (Wildman–Crippen LogP) is 3.31. The number of para-hydroxylation sites is 1. The van der Waals surface area contributed by atoms with E-state index in [1.165, 1.54) is 9.80 Å². The molecule has 0 aromatic heterocycles. The lowest BCUT2D eigenvalue weighted by atomic mass is 9.77. The second-order valence-corrected chi connectivity index (χ2v) is 14.1. The fourth-order valence-corrected chi connectivity index (χ4v) is 8.61. The van der Waals surface area contributed by atoms with Crippen molar-refractivity contribution in [3.8, 4) is 6.07 Å². The van der Waals surface area contributed by atoms with Crippen molar-refractivity contribution in [3.63, 3.8) is 0 Å². The summed E-state index contributed by atoms with van der Waals surface area (Å²) in [5.41, 5.74) is -0.931. The van der Waals surface area contributed by atoms with Crippen LogP contribution in [0.15, 0.2) is 24.3 Å². The van der Waals surface area contributed by atoms with Crippen molar-refractivity contribution in [2.75, 3.05) is 18.4 Å². The molecule has 5 aliphatic rings. The summed E-state index contributed by atoms with van der Waals surface area (Å²) in [4.78, 5) is 57.1. The molecule has 3 heterocycles. The average Bonchev–Trinajstić information content (AvgIpc) is 3.72. The van der Waals surface area contributed by atoms with Crippen molar-refractivity contribution in [2.24, 2.45) is 29.1 Å². The number of likely N-dealkylation sites (tertiary alicyclic amines) is 2. The Morgan fingerprint density at radius 2 is 1.84 bits per heavy atom. The summed E-state index contributed by atoms with van der Waals surface area (Å²) >= 11 is 0.